The van der Waals surface area contributed by atoms with E-state index in [1.807, 2.05) is 35.7 Å². The lowest BCUT2D eigenvalue weighted by Crippen LogP contribution is -2.35. The quantitative estimate of drug-likeness (QED) is 0.578. The fraction of sp³-hybridized carbons (Fsp3) is 0.158. The number of nitrogens with zero attached hydrogens (tertiary/aromatic N) is 1. The van der Waals surface area contributed by atoms with E-state index in [9.17, 15) is 14.4 Å². The number of thiophene rings is 1. The lowest BCUT2D eigenvalue weighted by atomic mass is 10.2. The van der Waals surface area contributed by atoms with Crippen molar-refractivity contribution in [1.29, 1.82) is 0 Å². The topological polar surface area (TPSA) is 97.4 Å². The van der Waals surface area contributed by atoms with Gasteiger partial charge in [-0.05, 0) is 18.4 Å². The lowest BCUT2D eigenvalue weighted by Gasteiger charge is -2.12. The van der Waals surface area contributed by atoms with Gasteiger partial charge < -0.3 is 10.1 Å². The third-order valence-electron chi connectivity index (χ3n) is 3.62. The molecule has 0 saturated carbocycles. The van der Waals surface area contributed by atoms with Crippen LogP contribution in [-0.4, -0.2) is 35.4 Å². The number of thiazole rings is 1. The molecule has 28 heavy (non-hydrogen) atoms. The highest BCUT2D eigenvalue weighted by molar-refractivity contribution is 7.14. The molecule has 2 aromatic heterocycles. The number of nitrogens with one attached hydrogen (secondary N) is 2. The van der Waals surface area contributed by atoms with Crippen LogP contribution in [0.15, 0.2) is 53.2 Å². The van der Waals surface area contributed by atoms with Gasteiger partial charge >= 0.3 is 5.97 Å². The molecule has 2 amide bonds. The third kappa shape index (κ3) is 5.24. The maximum absolute atomic E-state index is 12.2. The van der Waals surface area contributed by atoms with Crippen LogP contribution in [-0.2, 0) is 14.3 Å². The zero-order chi connectivity index (χ0) is 19.9. The Balaban J connectivity index is 1.47. The molecule has 144 valence electrons. The summed E-state index contributed by atoms with van der Waals surface area (Å²) in [6.07, 6.45) is -1.02. The first-order valence-corrected chi connectivity index (χ1v) is 10.1. The molecule has 3 aromatic rings. The van der Waals surface area contributed by atoms with Crippen molar-refractivity contribution >= 4 is 45.6 Å². The first-order valence-electron chi connectivity index (χ1n) is 8.36. The van der Waals surface area contributed by atoms with E-state index in [1.165, 1.54) is 29.6 Å². The Morgan fingerprint density at radius 2 is 1.89 bits per heavy atom. The summed E-state index contributed by atoms with van der Waals surface area (Å²) in [5, 5.41) is 9.10. The summed E-state index contributed by atoms with van der Waals surface area (Å²) < 4.78 is 5.06. The Morgan fingerprint density at radius 1 is 1.11 bits per heavy atom. The zero-order valence-corrected chi connectivity index (χ0v) is 16.5. The molecule has 0 aliphatic rings. The average Bonchev–Trinajstić information content (AvgIpc) is 3.39. The van der Waals surface area contributed by atoms with Gasteiger partial charge in [0.05, 0.1) is 10.6 Å². The fourth-order valence-electron chi connectivity index (χ4n) is 2.22. The maximum Gasteiger partial charge on any atom is 0.326 e. The number of aromatic nitrogens is 1. The minimum absolute atomic E-state index is 0.316. The first-order chi connectivity index (χ1) is 13.5. The maximum atomic E-state index is 12.2. The van der Waals surface area contributed by atoms with Gasteiger partial charge in [-0.15, -0.1) is 22.7 Å². The van der Waals surface area contributed by atoms with E-state index in [4.69, 9.17) is 4.74 Å². The summed E-state index contributed by atoms with van der Waals surface area (Å²) in [6.45, 7) is 1.14. The van der Waals surface area contributed by atoms with Gasteiger partial charge in [0.25, 0.3) is 11.8 Å². The second kappa shape index (κ2) is 9.25. The molecule has 0 aliphatic heterocycles. The van der Waals surface area contributed by atoms with E-state index in [1.54, 1.807) is 17.5 Å². The normalized spacial score (nSPS) is 11.5. The van der Waals surface area contributed by atoms with Gasteiger partial charge in [-0.1, -0.05) is 36.4 Å². The molecule has 2 N–H and O–H groups in total. The molecule has 0 radical (unpaired) electrons. The van der Waals surface area contributed by atoms with Crippen LogP contribution in [0.2, 0.25) is 0 Å². The first kappa shape index (κ1) is 19.7. The van der Waals surface area contributed by atoms with Crippen LogP contribution in [0.3, 0.4) is 0 Å². The van der Waals surface area contributed by atoms with Crippen LogP contribution in [0.1, 0.15) is 16.6 Å². The van der Waals surface area contributed by atoms with Crippen molar-refractivity contribution in [3.63, 3.8) is 0 Å². The summed E-state index contributed by atoms with van der Waals surface area (Å²) in [4.78, 5) is 40.7. The van der Waals surface area contributed by atoms with Crippen LogP contribution in [0, 0.1) is 0 Å². The van der Waals surface area contributed by atoms with Crippen LogP contribution in [0.4, 0.5) is 5.13 Å². The van der Waals surface area contributed by atoms with Crippen LogP contribution >= 0.6 is 22.7 Å². The lowest BCUT2D eigenvalue weighted by molar-refractivity contribution is -0.152. The van der Waals surface area contributed by atoms with Crippen molar-refractivity contribution in [3.8, 4) is 11.3 Å². The van der Waals surface area contributed by atoms with E-state index < -0.39 is 18.0 Å². The summed E-state index contributed by atoms with van der Waals surface area (Å²) in [6, 6.07) is 13.0. The fourth-order valence-corrected chi connectivity index (χ4v) is 3.58. The number of rotatable bonds is 7. The molecule has 1 aromatic carbocycles. The molecular formula is C19H17N3O4S2. The molecule has 7 nitrogen and oxygen atoms in total. The standard InChI is InChI=1S/C19H17N3O4S2/c1-12(26-16(23)10-20-18(25)15-8-5-9-27-15)17(24)22-19-21-14(11-28-19)13-6-3-2-4-7-13/h2-9,11-12H,10H2,1H3,(H,20,25)(H,21,22,24)/t12-/m1/s1. The van der Waals surface area contributed by atoms with Gasteiger partial charge in [0.2, 0.25) is 0 Å². The summed E-state index contributed by atoms with van der Waals surface area (Å²) in [5.74, 6) is -1.55. The highest BCUT2D eigenvalue weighted by atomic mass is 32.1. The predicted octanol–water partition coefficient (Wildman–Crippen LogP) is 3.17. The van der Waals surface area contributed by atoms with E-state index >= 15 is 0 Å². The molecule has 2 heterocycles. The van der Waals surface area contributed by atoms with Crippen molar-refractivity contribution in [1.82, 2.24) is 10.3 Å². The second-order valence-corrected chi connectivity index (χ2v) is 7.49. The van der Waals surface area contributed by atoms with Crippen LogP contribution in [0.25, 0.3) is 11.3 Å². The monoisotopic (exact) mass is 415 g/mol. The SMILES string of the molecule is C[C@@H](OC(=O)CNC(=O)c1cccs1)C(=O)Nc1nc(-c2ccccc2)cs1. The van der Waals surface area contributed by atoms with Crippen molar-refractivity contribution in [2.24, 2.45) is 0 Å². The van der Waals surface area contributed by atoms with E-state index in [2.05, 4.69) is 15.6 Å². The van der Waals surface area contributed by atoms with Gasteiger partial charge in [-0.2, -0.15) is 0 Å². The zero-order valence-electron chi connectivity index (χ0n) is 14.9. The second-order valence-electron chi connectivity index (χ2n) is 5.69. The Labute approximate surface area is 169 Å². The number of esters is 1. The van der Waals surface area contributed by atoms with E-state index in [0.717, 1.165) is 11.3 Å². The molecule has 0 aliphatic carbocycles. The molecule has 0 unspecified atom stereocenters. The molecule has 0 fully saturated rings. The molecule has 0 bridgehead atoms. The Morgan fingerprint density at radius 3 is 2.61 bits per heavy atom. The number of amides is 2. The predicted molar refractivity (Wildman–Crippen MR) is 108 cm³/mol. The van der Waals surface area contributed by atoms with Crippen LogP contribution in [0.5, 0.6) is 0 Å². The van der Waals surface area contributed by atoms with Gasteiger partial charge in [-0.3, -0.25) is 19.7 Å². The number of carbonyl (C=O) groups excluding carboxylic acids is 3. The van der Waals surface area contributed by atoms with E-state index in [0.29, 0.717) is 10.0 Å². The van der Waals surface area contributed by atoms with Crippen molar-refractivity contribution in [3.05, 3.63) is 58.1 Å². The van der Waals surface area contributed by atoms with Gasteiger partial charge in [0, 0.05) is 10.9 Å². The minimum atomic E-state index is -1.02. The Bertz CT molecular complexity index is 955. The minimum Gasteiger partial charge on any atom is -0.451 e. The van der Waals surface area contributed by atoms with Crippen molar-refractivity contribution in [2.45, 2.75) is 13.0 Å². The molecular weight excluding hydrogens is 398 g/mol. The highest BCUT2D eigenvalue weighted by Gasteiger charge is 2.20. The number of hydrogen-bond donors (Lipinski definition) is 2. The van der Waals surface area contributed by atoms with E-state index in [-0.39, 0.29) is 12.5 Å². The molecule has 9 heteroatoms. The highest BCUT2D eigenvalue weighted by Crippen LogP contribution is 2.24. The number of benzene rings is 1. The third-order valence-corrected chi connectivity index (χ3v) is 5.25. The van der Waals surface area contributed by atoms with Gasteiger partial charge in [0.1, 0.15) is 6.54 Å². The van der Waals surface area contributed by atoms with Crippen molar-refractivity contribution in [2.75, 3.05) is 11.9 Å². The number of ether oxygens (including phenoxy) is 1. The Kier molecular flexibility index (Phi) is 6.51. The number of anilines is 1. The summed E-state index contributed by atoms with van der Waals surface area (Å²) >= 11 is 2.55. The molecule has 3 rings (SSSR count). The summed E-state index contributed by atoms with van der Waals surface area (Å²) in [5.41, 5.74) is 1.70. The smallest absolute Gasteiger partial charge is 0.326 e. The van der Waals surface area contributed by atoms with Gasteiger partial charge in [-0.25, -0.2) is 4.98 Å². The van der Waals surface area contributed by atoms with Gasteiger partial charge in [0.15, 0.2) is 11.2 Å². The van der Waals surface area contributed by atoms with Crippen LogP contribution < -0.4 is 10.6 Å². The summed E-state index contributed by atoms with van der Waals surface area (Å²) in [7, 11) is 0. The Hall–Kier alpha value is -3.04. The number of carbonyl (C=O) groups is 3. The van der Waals surface area contributed by atoms with Crippen molar-refractivity contribution < 1.29 is 19.1 Å². The molecule has 0 spiro atoms. The molecule has 1 atom stereocenters. The average molecular weight is 415 g/mol. The molecule has 0 saturated heterocycles. The number of hydrogen-bond acceptors (Lipinski definition) is 7. The largest absolute Gasteiger partial charge is 0.451 e.